The van der Waals surface area contributed by atoms with E-state index < -0.39 is 64.8 Å². The van der Waals surface area contributed by atoms with Gasteiger partial charge in [0.15, 0.2) is 11.6 Å². The fraction of sp³-hybridized carbons (Fsp3) is 0.526. The van der Waals surface area contributed by atoms with Gasteiger partial charge in [-0.3, -0.25) is 10.1 Å². The third kappa shape index (κ3) is 2.76. The summed E-state index contributed by atoms with van der Waals surface area (Å²) in [4.78, 5) is 16.2. The lowest BCUT2D eigenvalue weighted by molar-refractivity contribution is -0.313. The fourth-order valence-electron chi connectivity index (χ4n) is 4.12. The van der Waals surface area contributed by atoms with E-state index in [2.05, 4.69) is 10.3 Å². The summed E-state index contributed by atoms with van der Waals surface area (Å²) >= 11 is 0. The van der Waals surface area contributed by atoms with Crippen LogP contribution in [0.25, 0.3) is 11.0 Å². The molecule has 0 spiro atoms. The van der Waals surface area contributed by atoms with Gasteiger partial charge in [0.25, 0.3) is 0 Å². The average Bonchev–Trinajstić information content (AvgIpc) is 3.02. The second kappa shape index (κ2) is 6.36. The number of anilines is 1. The van der Waals surface area contributed by atoms with Crippen molar-refractivity contribution in [2.75, 3.05) is 5.32 Å². The highest BCUT2D eigenvalue weighted by atomic mass is 19.3. The summed E-state index contributed by atoms with van der Waals surface area (Å²) in [7, 11) is 0. The Morgan fingerprint density at radius 1 is 1.33 bits per heavy atom. The number of hydrogen-bond acceptors (Lipinski definition) is 3. The minimum Gasteiger partial charge on any atom is -0.301 e. The molecule has 2 aliphatic rings. The number of imidazole rings is 1. The van der Waals surface area contributed by atoms with Gasteiger partial charge in [0, 0.05) is 24.3 Å². The van der Waals surface area contributed by atoms with Crippen molar-refractivity contribution in [3.63, 3.8) is 0 Å². The van der Waals surface area contributed by atoms with E-state index in [0.29, 0.717) is 18.9 Å². The van der Waals surface area contributed by atoms with Gasteiger partial charge in [-0.15, -0.1) is 0 Å². The molecule has 30 heavy (non-hydrogen) atoms. The Hall–Kier alpha value is -2.77. The Kier molecular flexibility index (Phi) is 4.35. The number of aromatic nitrogens is 2. The predicted molar refractivity (Wildman–Crippen MR) is 93.1 cm³/mol. The molecule has 1 aromatic carbocycles. The predicted octanol–water partition coefficient (Wildman–Crippen LogP) is 4.70. The Bertz CT molecular complexity index is 1100. The van der Waals surface area contributed by atoms with Gasteiger partial charge in [0.2, 0.25) is 11.9 Å². The Balaban J connectivity index is 1.72. The Labute approximate surface area is 166 Å². The number of benzene rings is 1. The highest BCUT2D eigenvalue weighted by molar-refractivity contribution is 5.92. The standard InChI is InChI=1S/C19H16F6N4O/c1-17(3-2-4-17)29-15-13(21)9(8-26)5-11(20)14(15)28-16(29)27-12(30)6-10-7-18(22,23)19(10,24)25/h5,10H,2-4,6-7H2,1H3,(H,27,28,30). The molecule has 1 unspecified atom stereocenters. The van der Waals surface area contributed by atoms with Crippen molar-refractivity contribution in [3.8, 4) is 6.07 Å². The summed E-state index contributed by atoms with van der Waals surface area (Å²) in [5, 5.41) is 11.3. The molecule has 11 heteroatoms. The largest absolute Gasteiger partial charge is 0.313 e. The van der Waals surface area contributed by atoms with Crippen molar-refractivity contribution in [3.05, 3.63) is 23.3 Å². The third-order valence-electron chi connectivity index (χ3n) is 6.10. The van der Waals surface area contributed by atoms with Crippen LogP contribution in [-0.2, 0) is 10.3 Å². The van der Waals surface area contributed by atoms with Crippen LogP contribution < -0.4 is 5.32 Å². The Morgan fingerprint density at radius 3 is 2.50 bits per heavy atom. The fourth-order valence-corrected chi connectivity index (χ4v) is 4.12. The average molecular weight is 430 g/mol. The van der Waals surface area contributed by atoms with Crippen LogP contribution in [0.15, 0.2) is 6.07 Å². The first kappa shape index (κ1) is 20.5. The molecule has 1 N–H and O–H groups in total. The topological polar surface area (TPSA) is 70.7 Å². The SMILES string of the molecule is CC1(n2c(NC(=O)CC3CC(F)(F)C3(F)F)nc3c(F)cc(C#N)c(F)c32)CCC1. The lowest BCUT2D eigenvalue weighted by Gasteiger charge is -2.43. The second-order valence-electron chi connectivity index (χ2n) is 8.13. The first-order chi connectivity index (χ1) is 13.9. The lowest BCUT2D eigenvalue weighted by atomic mass is 9.74. The molecule has 0 saturated heterocycles. The highest BCUT2D eigenvalue weighted by Crippen LogP contribution is 2.56. The maximum Gasteiger partial charge on any atom is 0.313 e. The zero-order valence-electron chi connectivity index (χ0n) is 15.7. The first-order valence-electron chi connectivity index (χ1n) is 9.28. The first-order valence-corrected chi connectivity index (χ1v) is 9.28. The summed E-state index contributed by atoms with van der Waals surface area (Å²) < 4.78 is 83.5. The molecule has 0 aliphatic heterocycles. The lowest BCUT2D eigenvalue weighted by Crippen LogP contribution is -2.59. The number of nitrogens with zero attached hydrogens (tertiary/aromatic N) is 3. The minimum absolute atomic E-state index is 0.278. The van der Waals surface area contributed by atoms with E-state index in [1.165, 1.54) is 4.57 Å². The van der Waals surface area contributed by atoms with E-state index in [0.717, 1.165) is 6.42 Å². The van der Waals surface area contributed by atoms with Gasteiger partial charge in [-0.25, -0.2) is 13.8 Å². The summed E-state index contributed by atoms with van der Waals surface area (Å²) in [6.07, 6.45) is -0.152. The number of nitriles is 1. The van der Waals surface area contributed by atoms with E-state index >= 15 is 0 Å². The van der Waals surface area contributed by atoms with E-state index in [1.807, 2.05) is 0 Å². The van der Waals surface area contributed by atoms with Crippen molar-refractivity contribution < 1.29 is 31.1 Å². The summed E-state index contributed by atoms with van der Waals surface area (Å²) in [5.41, 5.74) is -2.02. The number of fused-ring (bicyclic) bond motifs is 1. The molecule has 2 saturated carbocycles. The van der Waals surface area contributed by atoms with E-state index in [4.69, 9.17) is 5.26 Å². The van der Waals surface area contributed by atoms with Gasteiger partial charge in [-0.1, -0.05) is 0 Å². The monoisotopic (exact) mass is 430 g/mol. The molecule has 2 aliphatic carbocycles. The molecule has 5 nitrogen and oxygen atoms in total. The number of carbonyl (C=O) groups excluding carboxylic acids is 1. The molecule has 4 rings (SSSR count). The molecule has 0 radical (unpaired) electrons. The van der Waals surface area contributed by atoms with Gasteiger partial charge in [-0.2, -0.15) is 22.8 Å². The molecular formula is C19H16F6N4O. The molecule has 1 atom stereocenters. The van der Waals surface area contributed by atoms with Gasteiger partial charge in [0.1, 0.15) is 17.1 Å². The highest BCUT2D eigenvalue weighted by Gasteiger charge is 2.71. The molecule has 1 heterocycles. The van der Waals surface area contributed by atoms with Crippen molar-refractivity contribution in [1.29, 1.82) is 5.26 Å². The normalized spacial score (nSPS) is 23.3. The van der Waals surface area contributed by atoms with Crippen LogP contribution in [0.4, 0.5) is 32.3 Å². The van der Waals surface area contributed by atoms with Crippen molar-refractivity contribution in [2.24, 2.45) is 5.92 Å². The maximum atomic E-state index is 14.9. The maximum absolute atomic E-state index is 14.9. The number of rotatable bonds is 4. The van der Waals surface area contributed by atoms with Crippen LogP contribution in [0.3, 0.4) is 0 Å². The molecule has 0 bridgehead atoms. The van der Waals surface area contributed by atoms with Crippen molar-refractivity contribution >= 4 is 22.9 Å². The van der Waals surface area contributed by atoms with Crippen molar-refractivity contribution in [2.45, 2.75) is 56.4 Å². The number of amides is 1. The number of nitrogens with one attached hydrogen (secondary N) is 1. The zero-order valence-corrected chi connectivity index (χ0v) is 15.7. The van der Waals surface area contributed by atoms with Gasteiger partial charge in [0.05, 0.1) is 5.56 Å². The van der Waals surface area contributed by atoms with Crippen LogP contribution >= 0.6 is 0 Å². The summed E-state index contributed by atoms with van der Waals surface area (Å²) in [6.45, 7) is 1.73. The number of halogens is 6. The second-order valence-corrected chi connectivity index (χ2v) is 8.13. The van der Waals surface area contributed by atoms with Gasteiger partial charge < -0.3 is 4.57 Å². The van der Waals surface area contributed by atoms with Crippen LogP contribution in [0.2, 0.25) is 0 Å². The van der Waals surface area contributed by atoms with Crippen LogP contribution in [0, 0.1) is 28.9 Å². The summed E-state index contributed by atoms with van der Waals surface area (Å²) in [6, 6.07) is 2.23. The van der Waals surface area contributed by atoms with Crippen LogP contribution in [0.5, 0.6) is 0 Å². The number of alkyl halides is 4. The van der Waals surface area contributed by atoms with Gasteiger partial charge >= 0.3 is 11.8 Å². The van der Waals surface area contributed by atoms with Crippen LogP contribution in [-0.4, -0.2) is 27.3 Å². The molecule has 2 aromatic rings. The van der Waals surface area contributed by atoms with E-state index in [-0.39, 0.29) is 11.5 Å². The molecule has 160 valence electrons. The quantitative estimate of drug-likeness (QED) is 0.715. The van der Waals surface area contributed by atoms with Crippen LogP contribution in [0.1, 0.15) is 44.6 Å². The molecule has 1 amide bonds. The smallest absolute Gasteiger partial charge is 0.301 e. The van der Waals surface area contributed by atoms with E-state index in [1.54, 1.807) is 13.0 Å². The molecular weight excluding hydrogens is 414 g/mol. The number of hydrogen-bond donors (Lipinski definition) is 1. The van der Waals surface area contributed by atoms with Crippen molar-refractivity contribution in [1.82, 2.24) is 9.55 Å². The van der Waals surface area contributed by atoms with Gasteiger partial charge in [-0.05, 0) is 32.3 Å². The summed E-state index contributed by atoms with van der Waals surface area (Å²) in [5.74, 6) is -13.6. The van der Waals surface area contributed by atoms with E-state index in [9.17, 15) is 31.1 Å². The zero-order chi connectivity index (χ0) is 22.1. The minimum atomic E-state index is -4.30. The third-order valence-corrected chi connectivity index (χ3v) is 6.10. The Morgan fingerprint density at radius 2 is 2.00 bits per heavy atom. The molecule has 2 fully saturated rings. The number of carbonyl (C=O) groups is 1. The molecule has 1 aromatic heterocycles.